The van der Waals surface area contributed by atoms with E-state index in [4.69, 9.17) is 4.42 Å². The highest BCUT2D eigenvalue weighted by molar-refractivity contribution is 5.98. The smallest absolute Gasteiger partial charge is 0.288 e. The summed E-state index contributed by atoms with van der Waals surface area (Å²) in [5, 5.41) is 2.99. The Bertz CT molecular complexity index is 977. The highest BCUT2D eigenvalue weighted by Gasteiger charge is 2.36. The van der Waals surface area contributed by atoms with Gasteiger partial charge in [0, 0.05) is 5.56 Å². The van der Waals surface area contributed by atoms with E-state index in [2.05, 4.69) is 5.32 Å². The highest BCUT2D eigenvalue weighted by Crippen LogP contribution is 2.31. The Balaban J connectivity index is 2.04. The summed E-state index contributed by atoms with van der Waals surface area (Å²) in [6.45, 7) is 0. The third-order valence-electron chi connectivity index (χ3n) is 3.82. The van der Waals surface area contributed by atoms with Crippen LogP contribution in [0.15, 0.2) is 57.7 Å². The fourth-order valence-electron chi connectivity index (χ4n) is 2.80. The summed E-state index contributed by atoms with van der Waals surface area (Å²) in [6.07, 6.45) is 0. The molecule has 4 rings (SSSR count). The predicted octanol–water partition coefficient (Wildman–Crippen LogP) is 2.76. The van der Waals surface area contributed by atoms with Gasteiger partial charge < -0.3 is 9.73 Å². The number of carbonyl (C=O) groups is 1. The van der Waals surface area contributed by atoms with Crippen molar-refractivity contribution in [3.8, 4) is 0 Å². The normalized spacial score (nSPS) is 16.6. The van der Waals surface area contributed by atoms with Gasteiger partial charge in [0.1, 0.15) is 11.4 Å². The summed E-state index contributed by atoms with van der Waals surface area (Å²) in [4.78, 5) is 24.8. The molecule has 2 heterocycles. The van der Waals surface area contributed by atoms with Crippen LogP contribution in [-0.2, 0) is 0 Å². The van der Waals surface area contributed by atoms with Gasteiger partial charge in [-0.3, -0.25) is 9.59 Å². The number of rotatable bonds is 1. The number of para-hydroxylation sites is 1. The fraction of sp³-hybridized carbons (Fsp3) is 0.0588. The summed E-state index contributed by atoms with van der Waals surface area (Å²) < 4.78 is 19.6. The molecule has 1 atom stereocenters. The number of halogens is 1. The average molecular weight is 295 g/mol. The van der Waals surface area contributed by atoms with Crippen LogP contribution in [0.3, 0.4) is 0 Å². The van der Waals surface area contributed by atoms with Gasteiger partial charge in [0.2, 0.25) is 5.76 Å². The highest BCUT2D eigenvalue weighted by atomic mass is 19.1. The second-order valence-corrected chi connectivity index (χ2v) is 5.10. The summed E-state index contributed by atoms with van der Waals surface area (Å²) in [5.74, 6) is -1.03. The lowest BCUT2D eigenvalue weighted by Gasteiger charge is -2.12. The minimum Gasteiger partial charge on any atom is -0.450 e. The average Bonchev–Trinajstić information content (AvgIpc) is 2.85. The first-order valence-electron chi connectivity index (χ1n) is 6.78. The van der Waals surface area contributed by atoms with Crippen molar-refractivity contribution >= 4 is 16.9 Å². The molecule has 108 valence electrons. The van der Waals surface area contributed by atoms with Gasteiger partial charge in [-0.15, -0.1) is 0 Å². The number of benzene rings is 2. The molecule has 0 spiro atoms. The predicted molar refractivity (Wildman–Crippen MR) is 78.2 cm³/mol. The monoisotopic (exact) mass is 295 g/mol. The van der Waals surface area contributed by atoms with Crippen molar-refractivity contribution in [2.24, 2.45) is 0 Å². The van der Waals surface area contributed by atoms with E-state index in [1.807, 2.05) is 0 Å². The minimum absolute atomic E-state index is 0.0445. The first-order valence-corrected chi connectivity index (χ1v) is 6.78. The number of nitrogens with one attached hydrogen (secondary N) is 1. The van der Waals surface area contributed by atoms with Crippen molar-refractivity contribution in [2.75, 3.05) is 0 Å². The van der Waals surface area contributed by atoms with Crippen molar-refractivity contribution in [3.63, 3.8) is 0 Å². The van der Waals surface area contributed by atoms with E-state index in [-0.39, 0.29) is 22.3 Å². The molecule has 0 bridgehead atoms. The Morgan fingerprint density at radius 3 is 2.55 bits per heavy atom. The molecular weight excluding hydrogens is 285 g/mol. The van der Waals surface area contributed by atoms with Crippen LogP contribution in [0.5, 0.6) is 0 Å². The van der Waals surface area contributed by atoms with Gasteiger partial charge in [-0.05, 0) is 18.2 Å². The minimum atomic E-state index is -0.829. The van der Waals surface area contributed by atoms with Gasteiger partial charge in [0.05, 0.1) is 17.0 Å². The van der Waals surface area contributed by atoms with E-state index in [9.17, 15) is 14.0 Å². The van der Waals surface area contributed by atoms with Crippen LogP contribution >= 0.6 is 0 Å². The molecule has 2 aromatic carbocycles. The molecule has 22 heavy (non-hydrogen) atoms. The van der Waals surface area contributed by atoms with E-state index in [1.54, 1.807) is 42.5 Å². The van der Waals surface area contributed by atoms with Crippen LogP contribution in [0.2, 0.25) is 0 Å². The van der Waals surface area contributed by atoms with Crippen LogP contribution in [0, 0.1) is 5.82 Å². The van der Waals surface area contributed by atoms with Gasteiger partial charge in [-0.25, -0.2) is 4.39 Å². The van der Waals surface area contributed by atoms with Crippen LogP contribution < -0.4 is 10.7 Å². The van der Waals surface area contributed by atoms with E-state index < -0.39 is 17.8 Å². The van der Waals surface area contributed by atoms with Crippen LogP contribution in [0.4, 0.5) is 4.39 Å². The third kappa shape index (κ3) is 1.69. The van der Waals surface area contributed by atoms with Gasteiger partial charge in [0.15, 0.2) is 5.43 Å². The van der Waals surface area contributed by atoms with Crippen LogP contribution in [0.1, 0.15) is 27.7 Å². The van der Waals surface area contributed by atoms with E-state index in [1.165, 1.54) is 6.07 Å². The van der Waals surface area contributed by atoms with Crippen molar-refractivity contribution in [1.29, 1.82) is 0 Å². The van der Waals surface area contributed by atoms with Gasteiger partial charge in [-0.2, -0.15) is 0 Å². The Kier molecular flexibility index (Phi) is 2.63. The Hall–Kier alpha value is -2.95. The molecule has 0 saturated carbocycles. The molecular formula is C17H10FNO3. The molecule has 1 aliphatic heterocycles. The Morgan fingerprint density at radius 1 is 1.00 bits per heavy atom. The summed E-state index contributed by atoms with van der Waals surface area (Å²) in [7, 11) is 0. The lowest BCUT2D eigenvalue weighted by atomic mass is 9.99. The maximum atomic E-state index is 14.0. The standard InChI is InChI=1S/C17H10FNO3/c18-11-7-3-1-5-9(11)14-13-15(20)10-6-2-4-8-12(10)22-16(13)17(21)19-14/h1-8,14H,(H,19,21). The summed E-state index contributed by atoms with van der Waals surface area (Å²) in [6, 6.07) is 11.9. The van der Waals surface area contributed by atoms with Gasteiger partial charge in [0.25, 0.3) is 5.91 Å². The number of carbonyl (C=O) groups excluding carboxylic acids is 1. The van der Waals surface area contributed by atoms with Crippen LogP contribution in [-0.4, -0.2) is 5.91 Å². The first kappa shape index (κ1) is 12.8. The molecule has 0 radical (unpaired) electrons. The van der Waals surface area contributed by atoms with E-state index >= 15 is 0 Å². The molecule has 1 aliphatic rings. The van der Waals surface area contributed by atoms with E-state index in [0.717, 1.165) is 0 Å². The largest absolute Gasteiger partial charge is 0.450 e. The van der Waals surface area contributed by atoms with Gasteiger partial charge in [-0.1, -0.05) is 30.3 Å². The van der Waals surface area contributed by atoms with Gasteiger partial charge >= 0.3 is 0 Å². The molecule has 0 fully saturated rings. The second kappa shape index (κ2) is 4.53. The number of amides is 1. The SMILES string of the molecule is O=C1NC(c2ccccc2F)c2c1oc1ccccc1c2=O. The maximum Gasteiger partial charge on any atom is 0.288 e. The van der Waals surface area contributed by atoms with Crippen molar-refractivity contribution in [2.45, 2.75) is 6.04 Å². The molecule has 1 unspecified atom stereocenters. The zero-order chi connectivity index (χ0) is 15.3. The number of fused-ring (bicyclic) bond motifs is 2. The zero-order valence-corrected chi connectivity index (χ0v) is 11.3. The lowest BCUT2D eigenvalue weighted by Crippen LogP contribution is -2.22. The van der Waals surface area contributed by atoms with Crippen molar-refractivity contribution in [1.82, 2.24) is 5.32 Å². The molecule has 1 aromatic heterocycles. The topological polar surface area (TPSA) is 59.3 Å². The molecule has 0 aliphatic carbocycles. The fourth-order valence-corrected chi connectivity index (χ4v) is 2.80. The molecule has 5 heteroatoms. The molecule has 4 nitrogen and oxygen atoms in total. The molecule has 1 amide bonds. The summed E-state index contributed by atoms with van der Waals surface area (Å²) >= 11 is 0. The Morgan fingerprint density at radius 2 is 1.73 bits per heavy atom. The third-order valence-corrected chi connectivity index (χ3v) is 3.82. The maximum absolute atomic E-state index is 14.0. The Labute approximate surface area is 124 Å². The first-order chi connectivity index (χ1) is 10.7. The molecule has 0 saturated heterocycles. The van der Waals surface area contributed by atoms with Crippen molar-refractivity contribution in [3.05, 3.63) is 81.5 Å². The van der Waals surface area contributed by atoms with E-state index in [0.29, 0.717) is 11.0 Å². The summed E-state index contributed by atoms with van der Waals surface area (Å²) in [5.41, 5.74) is 0.435. The number of hydrogen-bond donors (Lipinski definition) is 1. The quantitative estimate of drug-likeness (QED) is 0.751. The lowest BCUT2D eigenvalue weighted by molar-refractivity contribution is 0.0937. The second-order valence-electron chi connectivity index (χ2n) is 5.10. The van der Waals surface area contributed by atoms with Crippen molar-refractivity contribution < 1.29 is 13.6 Å². The molecule has 1 N–H and O–H groups in total. The molecule has 3 aromatic rings. The van der Waals surface area contributed by atoms with Crippen LogP contribution in [0.25, 0.3) is 11.0 Å². The number of hydrogen-bond acceptors (Lipinski definition) is 3. The zero-order valence-electron chi connectivity index (χ0n) is 11.3.